The topological polar surface area (TPSA) is 102 Å². The third-order valence-electron chi connectivity index (χ3n) is 2.51. The van der Waals surface area contributed by atoms with Crippen molar-refractivity contribution >= 4 is 50.2 Å². The number of thiazole rings is 1. The predicted molar refractivity (Wildman–Crippen MR) is 76.8 cm³/mol. The van der Waals surface area contributed by atoms with Gasteiger partial charge in [0.15, 0.2) is 5.16 Å². The summed E-state index contributed by atoms with van der Waals surface area (Å²) in [6.45, 7) is 0. The van der Waals surface area contributed by atoms with Crippen LogP contribution in [0.4, 0.5) is 4.79 Å². The number of urea groups is 1. The van der Waals surface area contributed by atoms with Crippen molar-refractivity contribution in [2.75, 3.05) is 5.75 Å². The first kappa shape index (κ1) is 12.9. The molecule has 0 atom stereocenters. The van der Waals surface area contributed by atoms with Crippen LogP contribution in [0.2, 0.25) is 0 Å². The first-order chi connectivity index (χ1) is 9.65. The normalized spacial score (nSPS) is 11.0. The van der Waals surface area contributed by atoms with Crippen LogP contribution in [0.1, 0.15) is 0 Å². The summed E-state index contributed by atoms with van der Waals surface area (Å²) in [5.74, 6) is -0.410. The van der Waals surface area contributed by atoms with Crippen molar-refractivity contribution in [3.05, 3.63) is 24.3 Å². The van der Waals surface area contributed by atoms with Gasteiger partial charge in [-0.25, -0.2) is 4.79 Å². The van der Waals surface area contributed by atoms with Gasteiger partial charge in [-0.15, -0.1) is 10.2 Å². The van der Waals surface area contributed by atoms with E-state index < -0.39 is 11.9 Å². The average molecular weight is 307 g/mol. The Bertz CT molecular complexity index is 809. The van der Waals surface area contributed by atoms with Crippen LogP contribution in [-0.4, -0.2) is 32.3 Å². The van der Waals surface area contributed by atoms with Gasteiger partial charge in [0, 0.05) is 0 Å². The molecule has 20 heavy (non-hydrogen) atoms. The van der Waals surface area contributed by atoms with Crippen LogP contribution in [0, 0.1) is 0 Å². The number of primary amides is 1. The van der Waals surface area contributed by atoms with E-state index in [4.69, 9.17) is 5.73 Å². The number of nitrogens with one attached hydrogen (secondary N) is 1. The van der Waals surface area contributed by atoms with Crippen molar-refractivity contribution in [1.29, 1.82) is 0 Å². The highest BCUT2D eigenvalue weighted by Crippen LogP contribution is 2.29. The van der Waals surface area contributed by atoms with Crippen molar-refractivity contribution in [2.24, 2.45) is 5.73 Å². The third kappa shape index (κ3) is 2.32. The second-order valence-corrected chi connectivity index (χ2v) is 5.82. The molecule has 2 aromatic heterocycles. The van der Waals surface area contributed by atoms with Crippen LogP contribution in [0.5, 0.6) is 0 Å². The summed E-state index contributed by atoms with van der Waals surface area (Å²) in [7, 11) is 0. The van der Waals surface area contributed by atoms with Gasteiger partial charge in [0.2, 0.25) is 10.9 Å². The number of rotatable bonds is 3. The van der Waals surface area contributed by atoms with E-state index >= 15 is 0 Å². The van der Waals surface area contributed by atoms with E-state index in [-0.39, 0.29) is 5.75 Å². The van der Waals surface area contributed by atoms with Crippen LogP contribution in [0.15, 0.2) is 29.4 Å². The lowest BCUT2D eigenvalue weighted by Gasteiger charge is -1.99. The molecule has 0 bridgehead atoms. The fourth-order valence-corrected chi connectivity index (χ4v) is 3.52. The molecule has 0 aliphatic rings. The maximum atomic E-state index is 11.4. The number of nitrogens with zero attached hydrogens (tertiary/aromatic N) is 3. The van der Waals surface area contributed by atoms with Crippen molar-refractivity contribution in [1.82, 2.24) is 19.9 Å². The summed E-state index contributed by atoms with van der Waals surface area (Å²) < 4.78 is 2.99. The Morgan fingerprint density at radius 1 is 1.35 bits per heavy atom. The molecule has 3 amide bonds. The molecule has 0 radical (unpaired) electrons. The Hall–Kier alpha value is -2.13. The van der Waals surface area contributed by atoms with Gasteiger partial charge in [-0.05, 0) is 12.1 Å². The molecule has 3 rings (SSSR count). The SMILES string of the molecule is NC(=O)NC(=O)CSc1nnc2sc3ccccc3n12. The molecule has 0 aliphatic carbocycles. The molecule has 1 aromatic carbocycles. The van der Waals surface area contributed by atoms with E-state index in [0.717, 1.165) is 15.2 Å². The smallest absolute Gasteiger partial charge is 0.318 e. The molecule has 0 saturated carbocycles. The van der Waals surface area contributed by atoms with E-state index in [1.165, 1.54) is 23.1 Å². The minimum atomic E-state index is -0.858. The number of carbonyl (C=O) groups excluding carboxylic acids is 2. The molecule has 0 fully saturated rings. The van der Waals surface area contributed by atoms with Crippen LogP contribution in [0.25, 0.3) is 15.2 Å². The molecule has 7 nitrogen and oxygen atoms in total. The molecule has 2 heterocycles. The summed E-state index contributed by atoms with van der Waals surface area (Å²) in [6.07, 6.45) is 0. The van der Waals surface area contributed by atoms with Crippen LogP contribution in [-0.2, 0) is 4.79 Å². The lowest BCUT2D eigenvalue weighted by Crippen LogP contribution is -2.36. The van der Waals surface area contributed by atoms with Gasteiger partial charge in [-0.2, -0.15) is 0 Å². The van der Waals surface area contributed by atoms with Gasteiger partial charge >= 0.3 is 6.03 Å². The first-order valence-electron chi connectivity index (χ1n) is 5.60. The number of aromatic nitrogens is 3. The van der Waals surface area contributed by atoms with Crippen molar-refractivity contribution < 1.29 is 9.59 Å². The molecule has 0 spiro atoms. The number of imide groups is 1. The Balaban J connectivity index is 1.88. The van der Waals surface area contributed by atoms with Crippen LogP contribution >= 0.6 is 23.1 Å². The fourth-order valence-electron chi connectivity index (χ4n) is 1.75. The fraction of sp³-hybridized carbons (Fsp3) is 0.0909. The molecule has 0 aliphatic heterocycles. The van der Waals surface area contributed by atoms with Gasteiger partial charge in [-0.1, -0.05) is 35.2 Å². The van der Waals surface area contributed by atoms with E-state index in [1.807, 2.05) is 34.0 Å². The molecule has 9 heteroatoms. The van der Waals surface area contributed by atoms with E-state index in [1.54, 1.807) is 0 Å². The summed E-state index contributed by atoms with van der Waals surface area (Å²) in [4.78, 5) is 22.7. The molecule has 0 unspecified atom stereocenters. The Morgan fingerprint density at radius 2 is 2.15 bits per heavy atom. The zero-order valence-electron chi connectivity index (χ0n) is 10.1. The molecular formula is C11H9N5O2S2. The van der Waals surface area contributed by atoms with Crippen LogP contribution in [0.3, 0.4) is 0 Å². The highest BCUT2D eigenvalue weighted by molar-refractivity contribution is 7.99. The number of carbonyl (C=O) groups is 2. The highest BCUT2D eigenvalue weighted by Gasteiger charge is 2.14. The lowest BCUT2D eigenvalue weighted by molar-refractivity contribution is -0.117. The van der Waals surface area contributed by atoms with Crippen LogP contribution < -0.4 is 11.1 Å². The minimum absolute atomic E-state index is 0.0495. The number of benzene rings is 1. The number of para-hydroxylation sites is 1. The number of nitrogens with two attached hydrogens (primary N) is 1. The monoisotopic (exact) mass is 307 g/mol. The standard InChI is InChI=1S/C11H9N5O2S2/c12-9(18)13-8(17)5-19-10-14-15-11-16(10)6-3-1-2-4-7(6)20-11/h1-4H,5H2,(H3,12,13,17,18). The highest BCUT2D eigenvalue weighted by atomic mass is 32.2. The Labute approximate surface area is 121 Å². The Kier molecular flexibility index (Phi) is 3.28. The number of thioether (sulfide) groups is 1. The van der Waals surface area contributed by atoms with Crippen molar-refractivity contribution in [2.45, 2.75) is 5.16 Å². The maximum absolute atomic E-state index is 11.4. The van der Waals surface area contributed by atoms with Gasteiger partial charge in [0.25, 0.3) is 0 Å². The zero-order valence-corrected chi connectivity index (χ0v) is 11.7. The van der Waals surface area contributed by atoms with Crippen molar-refractivity contribution in [3.8, 4) is 0 Å². The molecule has 3 aromatic rings. The van der Waals surface area contributed by atoms with Crippen molar-refractivity contribution in [3.63, 3.8) is 0 Å². The zero-order chi connectivity index (χ0) is 14.1. The summed E-state index contributed by atoms with van der Waals surface area (Å²) >= 11 is 2.73. The lowest BCUT2D eigenvalue weighted by atomic mass is 10.3. The summed E-state index contributed by atoms with van der Waals surface area (Å²) in [5, 5.41) is 10.7. The molecular weight excluding hydrogens is 298 g/mol. The number of hydrogen-bond donors (Lipinski definition) is 2. The third-order valence-corrected chi connectivity index (χ3v) is 4.45. The molecule has 3 N–H and O–H groups in total. The van der Waals surface area contributed by atoms with E-state index in [2.05, 4.69) is 10.2 Å². The average Bonchev–Trinajstić information content (AvgIpc) is 2.94. The van der Waals surface area contributed by atoms with E-state index in [9.17, 15) is 9.59 Å². The minimum Gasteiger partial charge on any atom is -0.351 e. The largest absolute Gasteiger partial charge is 0.351 e. The summed E-state index contributed by atoms with van der Waals surface area (Å²) in [5.41, 5.74) is 5.87. The number of amides is 3. The number of hydrogen-bond acceptors (Lipinski definition) is 6. The summed E-state index contributed by atoms with van der Waals surface area (Å²) in [6, 6.07) is 7.00. The second kappa shape index (κ2) is 5.10. The number of fused-ring (bicyclic) bond motifs is 3. The van der Waals surface area contributed by atoms with Gasteiger partial charge in [-0.3, -0.25) is 14.5 Å². The second-order valence-electron chi connectivity index (χ2n) is 3.87. The quantitative estimate of drug-likeness (QED) is 0.709. The Morgan fingerprint density at radius 3 is 2.95 bits per heavy atom. The van der Waals surface area contributed by atoms with Gasteiger partial charge in [0.05, 0.1) is 16.0 Å². The van der Waals surface area contributed by atoms with Gasteiger partial charge < -0.3 is 5.73 Å². The first-order valence-corrected chi connectivity index (χ1v) is 7.40. The molecule has 102 valence electrons. The maximum Gasteiger partial charge on any atom is 0.318 e. The predicted octanol–water partition coefficient (Wildman–Crippen LogP) is 1.23. The van der Waals surface area contributed by atoms with E-state index in [0.29, 0.717) is 5.16 Å². The molecule has 0 saturated heterocycles. The van der Waals surface area contributed by atoms with Gasteiger partial charge in [0.1, 0.15) is 0 Å².